The molecule has 23 heavy (non-hydrogen) atoms. The van der Waals surface area contributed by atoms with Gasteiger partial charge < -0.3 is 20.3 Å². The maximum absolute atomic E-state index is 12.2. The molecule has 2 heterocycles. The minimum atomic E-state index is -0.733. The average molecular weight is 336 g/mol. The summed E-state index contributed by atoms with van der Waals surface area (Å²) in [4.78, 5) is 25.3. The number of nitrogens with zero attached hydrogens (tertiary/aromatic N) is 1. The summed E-state index contributed by atoms with van der Waals surface area (Å²) in [5, 5.41) is 9.62. The molecule has 2 aliphatic rings. The van der Waals surface area contributed by atoms with Gasteiger partial charge >= 0.3 is 5.97 Å². The van der Waals surface area contributed by atoms with Gasteiger partial charge in [-0.2, -0.15) is 0 Å². The summed E-state index contributed by atoms with van der Waals surface area (Å²) in [6.07, 6.45) is 0. The first kappa shape index (κ1) is 15.7. The topological polar surface area (TPSA) is 102 Å². The van der Waals surface area contributed by atoms with Gasteiger partial charge in [0.25, 0.3) is 0 Å². The van der Waals surface area contributed by atoms with Crippen LogP contribution in [0.2, 0.25) is 0 Å². The van der Waals surface area contributed by atoms with Crippen LogP contribution in [0.15, 0.2) is 35.7 Å². The molecule has 0 spiro atoms. The number of methoxy groups -OCH3 is 1. The fourth-order valence-corrected chi connectivity index (χ4v) is 3.58. The van der Waals surface area contributed by atoms with E-state index in [1.165, 1.54) is 16.7 Å². The molecular weight excluding hydrogens is 320 g/mol. The fourth-order valence-electron chi connectivity index (χ4n) is 2.43. The van der Waals surface area contributed by atoms with Crippen LogP contribution in [0.5, 0.6) is 5.75 Å². The Morgan fingerprint density at radius 1 is 1.43 bits per heavy atom. The van der Waals surface area contributed by atoms with E-state index in [9.17, 15) is 14.7 Å². The predicted octanol–water partition coefficient (Wildman–Crippen LogP) is 0.750. The van der Waals surface area contributed by atoms with Crippen molar-refractivity contribution in [1.29, 1.82) is 0 Å². The number of aliphatic hydroxyl groups excluding tert-OH is 1. The number of carbonyl (C=O) groups excluding carboxylic acids is 2. The van der Waals surface area contributed by atoms with Gasteiger partial charge in [-0.25, -0.2) is 4.79 Å². The molecule has 1 aromatic carbocycles. The van der Waals surface area contributed by atoms with E-state index in [0.717, 1.165) is 5.56 Å². The highest BCUT2D eigenvalue weighted by atomic mass is 32.2. The van der Waals surface area contributed by atoms with E-state index >= 15 is 0 Å². The molecule has 3 rings (SSSR count). The summed E-state index contributed by atoms with van der Waals surface area (Å²) >= 11 is 1.32. The molecule has 0 radical (unpaired) electrons. The van der Waals surface area contributed by atoms with Crippen LogP contribution in [0, 0.1) is 0 Å². The highest BCUT2D eigenvalue weighted by Gasteiger charge is 2.52. The number of hydrogen-bond acceptors (Lipinski definition) is 7. The number of thioether (sulfide) groups is 1. The highest BCUT2D eigenvalue weighted by Crippen LogP contribution is 2.38. The van der Waals surface area contributed by atoms with Gasteiger partial charge in [-0.3, -0.25) is 9.69 Å². The van der Waals surface area contributed by atoms with Gasteiger partial charge in [0.1, 0.15) is 29.5 Å². The van der Waals surface area contributed by atoms with Crippen molar-refractivity contribution in [2.24, 2.45) is 5.73 Å². The zero-order chi connectivity index (χ0) is 16.6. The average Bonchev–Trinajstić information content (AvgIpc) is 2.59. The van der Waals surface area contributed by atoms with Crippen molar-refractivity contribution in [3.8, 4) is 5.75 Å². The smallest absolute Gasteiger partial charge is 0.358 e. The summed E-state index contributed by atoms with van der Waals surface area (Å²) < 4.78 is 10.3. The SMILES string of the molecule is COc1ccc(COC(=O)C2=C(O)CS[C@@H]3C(N)C(=O)N23)cc1. The number of benzene rings is 1. The molecule has 1 saturated heterocycles. The van der Waals surface area contributed by atoms with Gasteiger partial charge in [0.2, 0.25) is 5.91 Å². The van der Waals surface area contributed by atoms with Crippen LogP contribution in [0.25, 0.3) is 0 Å². The molecule has 3 N–H and O–H groups in total. The molecule has 1 fully saturated rings. The zero-order valence-electron chi connectivity index (χ0n) is 12.4. The first-order chi connectivity index (χ1) is 11.0. The highest BCUT2D eigenvalue weighted by molar-refractivity contribution is 8.00. The Labute approximate surface area is 137 Å². The summed E-state index contributed by atoms with van der Waals surface area (Å²) in [5.74, 6) is -0.345. The number of β-lactam (4-membered cyclic amide) rings is 1. The first-order valence-electron chi connectivity index (χ1n) is 6.95. The maximum atomic E-state index is 12.2. The van der Waals surface area contributed by atoms with E-state index in [0.29, 0.717) is 5.75 Å². The largest absolute Gasteiger partial charge is 0.509 e. The monoisotopic (exact) mass is 336 g/mol. The summed E-state index contributed by atoms with van der Waals surface area (Å²) in [7, 11) is 1.57. The van der Waals surface area contributed by atoms with Gasteiger partial charge in [0, 0.05) is 0 Å². The van der Waals surface area contributed by atoms with E-state index < -0.39 is 12.0 Å². The molecular formula is C15H16N2O5S. The lowest BCUT2D eigenvalue weighted by atomic mass is 10.1. The van der Waals surface area contributed by atoms with Crippen molar-refractivity contribution >= 4 is 23.6 Å². The molecule has 7 nitrogen and oxygen atoms in total. The number of hydrogen-bond donors (Lipinski definition) is 2. The maximum Gasteiger partial charge on any atom is 0.358 e. The van der Waals surface area contributed by atoms with Gasteiger partial charge in [-0.1, -0.05) is 12.1 Å². The minimum absolute atomic E-state index is 0.0332. The Balaban J connectivity index is 1.68. The summed E-state index contributed by atoms with van der Waals surface area (Å²) in [6, 6.07) is 6.41. The molecule has 1 unspecified atom stereocenters. The van der Waals surface area contributed by atoms with Crippen LogP contribution in [-0.4, -0.2) is 46.2 Å². The van der Waals surface area contributed by atoms with Crippen molar-refractivity contribution in [3.63, 3.8) is 0 Å². The van der Waals surface area contributed by atoms with Gasteiger partial charge in [-0.15, -0.1) is 11.8 Å². The molecule has 2 aliphatic heterocycles. The first-order valence-corrected chi connectivity index (χ1v) is 8.00. The molecule has 0 saturated carbocycles. The fraction of sp³-hybridized carbons (Fsp3) is 0.333. The van der Waals surface area contributed by atoms with E-state index in [4.69, 9.17) is 15.2 Å². The molecule has 122 valence electrons. The molecule has 0 aliphatic carbocycles. The number of ether oxygens (including phenoxy) is 2. The lowest BCUT2D eigenvalue weighted by Gasteiger charge is -2.47. The second kappa shape index (κ2) is 6.13. The van der Waals surface area contributed by atoms with Crippen molar-refractivity contribution < 1.29 is 24.2 Å². The van der Waals surface area contributed by atoms with E-state index in [1.54, 1.807) is 31.4 Å². The third-order valence-corrected chi connectivity index (χ3v) is 5.00. The Morgan fingerprint density at radius 2 is 2.13 bits per heavy atom. The second-order valence-electron chi connectivity index (χ2n) is 5.16. The predicted molar refractivity (Wildman–Crippen MR) is 83.5 cm³/mol. The van der Waals surface area contributed by atoms with E-state index in [1.807, 2.05) is 0 Å². The number of aliphatic hydroxyl groups is 1. The summed E-state index contributed by atoms with van der Waals surface area (Å²) in [6.45, 7) is 0.0332. The molecule has 0 bridgehead atoms. The Hall–Kier alpha value is -2.19. The third kappa shape index (κ3) is 2.75. The van der Waals surface area contributed by atoms with Crippen LogP contribution < -0.4 is 10.5 Å². The lowest BCUT2D eigenvalue weighted by Crippen LogP contribution is -2.68. The Bertz CT molecular complexity index is 673. The molecule has 2 atom stereocenters. The van der Waals surface area contributed by atoms with Crippen molar-refractivity contribution in [2.75, 3.05) is 12.9 Å². The van der Waals surface area contributed by atoms with Crippen LogP contribution in [0.3, 0.4) is 0 Å². The molecule has 1 amide bonds. The van der Waals surface area contributed by atoms with Gasteiger partial charge in [0.05, 0.1) is 12.9 Å². The zero-order valence-corrected chi connectivity index (χ0v) is 13.2. The molecule has 1 aromatic rings. The Morgan fingerprint density at radius 3 is 2.78 bits per heavy atom. The van der Waals surface area contributed by atoms with Crippen molar-refractivity contribution in [2.45, 2.75) is 18.0 Å². The normalized spacial score (nSPS) is 23.2. The van der Waals surface area contributed by atoms with Crippen LogP contribution in [-0.2, 0) is 20.9 Å². The van der Waals surface area contributed by atoms with Crippen molar-refractivity contribution in [3.05, 3.63) is 41.3 Å². The van der Waals surface area contributed by atoms with Crippen molar-refractivity contribution in [1.82, 2.24) is 4.90 Å². The molecule has 8 heteroatoms. The number of fused-ring (bicyclic) bond motifs is 1. The standard InChI is InChI=1S/C15H16N2O5S/c1-21-9-4-2-8(3-5-9)6-22-15(20)12-10(18)7-23-14-11(16)13(19)17(12)14/h2-5,11,14,18H,6-7,16H2,1H3/t11?,14-/m1/s1. The third-order valence-electron chi connectivity index (χ3n) is 3.71. The number of carbonyl (C=O) groups is 2. The second-order valence-corrected chi connectivity index (χ2v) is 6.26. The number of nitrogens with two attached hydrogens (primary N) is 1. The number of esters is 1. The lowest BCUT2D eigenvalue weighted by molar-refractivity contribution is -0.151. The molecule has 0 aromatic heterocycles. The van der Waals surface area contributed by atoms with E-state index in [2.05, 4.69) is 0 Å². The quantitative estimate of drug-likeness (QED) is 0.618. The van der Waals surface area contributed by atoms with Gasteiger partial charge in [-0.05, 0) is 17.7 Å². The van der Waals surface area contributed by atoms with Crippen LogP contribution >= 0.6 is 11.8 Å². The number of amides is 1. The van der Waals surface area contributed by atoms with Gasteiger partial charge in [0.15, 0.2) is 5.70 Å². The summed E-state index contributed by atoms with van der Waals surface area (Å²) in [5.41, 5.74) is 6.36. The Kier molecular flexibility index (Phi) is 4.18. The van der Waals surface area contributed by atoms with Crippen LogP contribution in [0.4, 0.5) is 0 Å². The van der Waals surface area contributed by atoms with Crippen LogP contribution in [0.1, 0.15) is 5.56 Å². The number of rotatable bonds is 4. The van der Waals surface area contributed by atoms with E-state index in [-0.39, 0.29) is 35.1 Å². The minimum Gasteiger partial charge on any atom is -0.509 e.